The number of hydrogen-bond acceptors (Lipinski definition) is 3. The number of nitrogens with one attached hydrogen (secondary N) is 2. The van der Waals surface area contributed by atoms with Crippen LogP contribution in [0.3, 0.4) is 0 Å². The second-order valence-corrected chi connectivity index (χ2v) is 7.75. The molecule has 4 nitrogen and oxygen atoms in total. The molecule has 0 aliphatic carbocycles. The largest absolute Gasteiger partial charge is 0.313 e. The van der Waals surface area contributed by atoms with Crippen molar-refractivity contribution in [2.75, 3.05) is 6.54 Å². The maximum atomic E-state index is 13.9. The van der Waals surface area contributed by atoms with Gasteiger partial charge in [0.15, 0.2) is 0 Å². The molecule has 1 aromatic rings. The van der Waals surface area contributed by atoms with E-state index in [0.29, 0.717) is 4.47 Å². The van der Waals surface area contributed by atoms with Crippen LogP contribution in [0.15, 0.2) is 21.5 Å². The second kappa shape index (κ2) is 7.57. The molecule has 2 N–H and O–H groups in total. The van der Waals surface area contributed by atoms with E-state index in [4.69, 9.17) is 11.6 Å². The van der Waals surface area contributed by atoms with Crippen molar-refractivity contribution < 1.29 is 12.8 Å². The molecule has 0 radical (unpaired) electrons. The van der Waals surface area contributed by atoms with Crippen LogP contribution in [-0.4, -0.2) is 27.0 Å². The molecular formula is C12H16BrCl2FN2O2S. The van der Waals surface area contributed by atoms with Crippen LogP contribution in [0.25, 0.3) is 0 Å². The second-order valence-electron chi connectivity index (χ2n) is 4.81. The van der Waals surface area contributed by atoms with Crippen molar-refractivity contribution in [1.29, 1.82) is 0 Å². The van der Waals surface area contributed by atoms with Gasteiger partial charge in [0, 0.05) is 16.6 Å². The van der Waals surface area contributed by atoms with Crippen LogP contribution in [0.2, 0.25) is 5.02 Å². The zero-order valence-electron chi connectivity index (χ0n) is 11.2. The standard InChI is InChI=1S/C12H15BrClFN2O2S.ClH/c1-7-11(3-2-4-16-7)17-20(18,19)12-6-9(14)8(13)5-10(12)15;/h5-7,11,16-17H,2-4H2,1H3;1H. The Hall–Kier alpha value is 0.0800. The summed E-state index contributed by atoms with van der Waals surface area (Å²) in [6.45, 7) is 2.76. The Morgan fingerprint density at radius 1 is 1.48 bits per heavy atom. The molecule has 1 heterocycles. The Labute approximate surface area is 143 Å². The smallest absolute Gasteiger partial charge is 0.243 e. The van der Waals surface area contributed by atoms with Crippen LogP contribution >= 0.6 is 39.9 Å². The highest BCUT2D eigenvalue weighted by atomic mass is 79.9. The molecule has 2 rings (SSSR count). The molecule has 2 atom stereocenters. The first kappa shape index (κ1) is 19.1. The fraction of sp³-hybridized carbons (Fsp3) is 0.500. The van der Waals surface area contributed by atoms with Crippen molar-refractivity contribution in [2.45, 2.75) is 36.7 Å². The first-order chi connectivity index (χ1) is 9.31. The number of halogens is 4. The molecule has 9 heteroatoms. The van der Waals surface area contributed by atoms with Crippen LogP contribution in [-0.2, 0) is 10.0 Å². The van der Waals surface area contributed by atoms with Gasteiger partial charge in [0.05, 0.1) is 5.02 Å². The van der Waals surface area contributed by atoms with Gasteiger partial charge in [-0.25, -0.2) is 17.5 Å². The van der Waals surface area contributed by atoms with E-state index in [0.717, 1.165) is 31.5 Å². The molecule has 1 aliphatic rings. The van der Waals surface area contributed by atoms with Crippen molar-refractivity contribution in [1.82, 2.24) is 10.0 Å². The SMILES string of the molecule is CC1NCCCC1NS(=O)(=O)c1cc(Cl)c(Br)cc1F.Cl. The van der Waals surface area contributed by atoms with E-state index in [9.17, 15) is 12.8 Å². The Morgan fingerprint density at radius 3 is 2.76 bits per heavy atom. The van der Waals surface area contributed by atoms with Gasteiger partial charge in [0.1, 0.15) is 10.7 Å². The van der Waals surface area contributed by atoms with Gasteiger partial charge in [-0.05, 0) is 54.4 Å². The quantitative estimate of drug-likeness (QED) is 0.737. The molecule has 0 bridgehead atoms. The van der Waals surface area contributed by atoms with E-state index in [2.05, 4.69) is 26.0 Å². The fourth-order valence-corrected chi connectivity index (χ4v) is 4.16. The summed E-state index contributed by atoms with van der Waals surface area (Å²) >= 11 is 8.90. The molecular weight excluding hydrogens is 406 g/mol. The molecule has 0 aromatic heterocycles. The van der Waals surface area contributed by atoms with Crippen molar-refractivity contribution in [3.8, 4) is 0 Å². The molecule has 21 heavy (non-hydrogen) atoms. The predicted octanol–water partition coefficient (Wildman–Crippen LogP) is 3.08. The minimum Gasteiger partial charge on any atom is -0.313 e. The van der Waals surface area contributed by atoms with Crippen LogP contribution in [0.5, 0.6) is 0 Å². The summed E-state index contributed by atoms with van der Waals surface area (Å²) in [5.74, 6) is -0.829. The monoisotopic (exact) mass is 420 g/mol. The van der Waals surface area contributed by atoms with E-state index >= 15 is 0 Å². The minimum atomic E-state index is -3.93. The molecule has 0 spiro atoms. The lowest BCUT2D eigenvalue weighted by atomic mass is 10.0. The third-order valence-electron chi connectivity index (χ3n) is 3.33. The van der Waals surface area contributed by atoms with Crippen molar-refractivity contribution >= 4 is 50.0 Å². The summed E-state index contributed by atoms with van der Waals surface area (Å²) in [4.78, 5) is -0.427. The summed E-state index contributed by atoms with van der Waals surface area (Å²) < 4.78 is 41.3. The van der Waals surface area contributed by atoms with Crippen molar-refractivity contribution in [2.24, 2.45) is 0 Å². The Kier molecular flexibility index (Phi) is 6.89. The molecule has 120 valence electrons. The zero-order chi connectivity index (χ0) is 14.9. The molecule has 1 aromatic carbocycles. The normalized spacial score (nSPS) is 22.7. The lowest BCUT2D eigenvalue weighted by Crippen LogP contribution is -2.51. The van der Waals surface area contributed by atoms with Crippen LogP contribution in [0.1, 0.15) is 19.8 Å². The maximum absolute atomic E-state index is 13.9. The highest BCUT2D eigenvalue weighted by molar-refractivity contribution is 9.10. The Balaban J connectivity index is 0.00000220. The molecule has 0 amide bonds. The Bertz CT molecular complexity index is 616. The molecule has 1 fully saturated rings. The number of piperidine rings is 1. The number of hydrogen-bond donors (Lipinski definition) is 2. The van der Waals surface area contributed by atoms with Crippen molar-refractivity contribution in [3.05, 3.63) is 27.4 Å². The van der Waals surface area contributed by atoms with E-state index in [1.807, 2.05) is 6.92 Å². The van der Waals surface area contributed by atoms with Gasteiger partial charge in [-0.1, -0.05) is 11.6 Å². The van der Waals surface area contributed by atoms with Gasteiger partial charge < -0.3 is 5.32 Å². The van der Waals surface area contributed by atoms with Gasteiger partial charge in [0.25, 0.3) is 0 Å². The van der Waals surface area contributed by atoms with E-state index < -0.39 is 20.7 Å². The third kappa shape index (κ3) is 4.53. The summed E-state index contributed by atoms with van der Waals surface area (Å²) in [6, 6.07) is 1.92. The average molecular weight is 422 g/mol. The maximum Gasteiger partial charge on any atom is 0.243 e. The zero-order valence-corrected chi connectivity index (χ0v) is 15.2. The van der Waals surface area contributed by atoms with Crippen LogP contribution in [0.4, 0.5) is 4.39 Å². The van der Waals surface area contributed by atoms with E-state index in [1.165, 1.54) is 0 Å². The third-order valence-corrected chi connectivity index (χ3v) is 6.03. The topological polar surface area (TPSA) is 58.2 Å². The van der Waals surface area contributed by atoms with Crippen LogP contribution < -0.4 is 10.0 Å². The molecule has 2 unspecified atom stereocenters. The lowest BCUT2D eigenvalue weighted by Gasteiger charge is -2.30. The molecule has 1 aliphatic heterocycles. The molecule has 0 saturated carbocycles. The highest BCUT2D eigenvalue weighted by Gasteiger charge is 2.28. The Morgan fingerprint density at radius 2 is 2.14 bits per heavy atom. The lowest BCUT2D eigenvalue weighted by molar-refractivity contribution is 0.348. The molecule has 1 saturated heterocycles. The van der Waals surface area contributed by atoms with Crippen molar-refractivity contribution in [3.63, 3.8) is 0 Å². The predicted molar refractivity (Wildman–Crippen MR) is 87.2 cm³/mol. The fourth-order valence-electron chi connectivity index (χ4n) is 2.18. The van der Waals surface area contributed by atoms with Gasteiger partial charge in [0.2, 0.25) is 10.0 Å². The first-order valence-electron chi connectivity index (χ1n) is 6.21. The minimum absolute atomic E-state index is 0. The summed E-state index contributed by atoms with van der Waals surface area (Å²) in [7, 11) is -3.93. The summed E-state index contributed by atoms with van der Waals surface area (Å²) in [5.41, 5.74) is 0. The van der Waals surface area contributed by atoms with Crippen LogP contribution in [0, 0.1) is 5.82 Å². The van der Waals surface area contributed by atoms with Gasteiger partial charge >= 0.3 is 0 Å². The number of rotatable bonds is 3. The highest BCUT2D eigenvalue weighted by Crippen LogP contribution is 2.28. The number of sulfonamides is 1. The van der Waals surface area contributed by atoms with Gasteiger partial charge in [-0.15, -0.1) is 12.4 Å². The van der Waals surface area contributed by atoms with E-state index in [1.54, 1.807) is 0 Å². The van der Waals surface area contributed by atoms with Gasteiger partial charge in [-0.2, -0.15) is 0 Å². The first-order valence-corrected chi connectivity index (χ1v) is 8.87. The summed E-state index contributed by atoms with van der Waals surface area (Å²) in [6.07, 6.45) is 1.60. The van der Waals surface area contributed by atoms with Gasteiger partial charge in [-0.3, -0.25) is 0 Å². The average Bonchev–Trinajstić information content (AvgIpc) is 2.36. The number of benzene rings is 1. The summed E-state index contributed by atoms with van der Waals surface area (Å²) in [5, 5.41) is 3.34. The van der Waals surface area contributed by atoms with E-state index in [-0.39, 0.29) is 29.5 Å².